The summed E-state index contributed by atoms with van der Waals surface area (Å²) in [5.41, 5.74) is 1.86. The van der Waals surface area contributed by atoms with Crippen molar-refractivity contribution in [3.05, 3.63) is 24.0 Å². The lowest BCUT2D eigenvalue weighted by Gasteiger charge is -2.38. The van der Waals surface area contributed by atoms with Crippen LogP contribution in [0.1, 0.15) is 26.5 Å². The van der Waals surface area contributed by atoms with Crippen LogP contribution in [-0.2, 0) is 4.79 Å². The van der Waals surface area contributed by atoms with Crippen LogP contribution >= 0.6 is 0 Å². The molecule has 2 aromatic heterocycles. The second-order valence-corrected chi connectivity index (χ2v) is 6.72. The summed E-state index contributed by atoms with van der Waals surface area (Å²) >= 11 is 0. The minimum absolute atomic E-state index is 0.0987. The molecule has 1 N–H and O–H groups in total. The van der Waals surface area contributed by atoms with Gasteiger partial charge in [0.25, 0.3) is 0 Å². The molecule has 0 bridgehead atoms. The zero-order valence-electron chi connectivity index (χ0n) is 14.9. The number of nitrogens with zero attached hydrogens (tertiary/aromatic N) is 5. The van der Waals surface area contributed by atoms with Crippen LogP contribution in [0.4, 0.5) is 5.82 Å². The van der Waals surface area contributed by atoms with Gasteiger partial charge in [-0.05, 0) is 27.7 Å². The number of hydrogen-bond donors (Lipinski definition) is 1. The third-order valence-electron chi connectivity index (χ3n) is 4.47. The fraction of sp³-hybridized carbons (Fsp3) is 0.588. The van der Waals surface area contributed by atoms with E-state index < -0.39 is 0 Å². The molecule has 1 fully saturated rings. The lowest BCUT2D eigenvalue weighted by molar-refractivity contribution is -0.126. The zero-order valence-corrected chi connectivity index (χ0v) is 14.9. The SMILES string of the molecule is Cc1cc(N2CCN(C(C)C(=O)NC(C)C)CC2)n2nccc2n1. The number of aryl methyl sites for hydroxylation is 1. The van der Waals surface area contributed by atoms with E-state index in [4.69, 9.17) is 0 Å². The molecule has 0 aromatic carbocycles. The van der Waals surface area contributed by atoms with E-state index in [1.807, 2.05) is 38.3 Å². The molecule has 1 amide bonds. The average Bonchev–Trinajstić information content (AvgIpc) is 3.01. The normalized spacial score (nSPS) is 17.5. The molecule has 1 aliphatic heterocycles. The van der Waals surface area contributed by atoms with Gasteiger partial charge in [0.2, 0.25) is 5.91 Å². The van der Waals surface area contributed by atoms with Gasteiger partial charge in [-0.3, -0.25) is 9.69 Å². The second kappa shape index (κ2) is 6.76. The van der Waals surface area contributed by atoms with Gasteiger partial charge in [0, 0.05) is 50.0 Å². The van der Waals surface area contributed by atoms with Crippen molar-refractivity contribution < 1.29 is 4.79 Å². The van der Waals surface area contributed by atoms with Gasteiger partial charge in [0.15, 0.2) is 5.65 Å². The number of piperazine rings is 1. The molecule has 1 saturated heterocycles. The second-order valence-electron chi connectivity index (χ2n) is 6.72. The minimum Gasteiger partial charge on any atom is -0.354 e. The number of fused-ring (bicyclic) bond motifs is 1. The van der Waals surface area contributed by atoms with Crippen molar-refractivity contribution >= 4 is 17.4 Å². The molecule has 7 nitrogen and oxygen atoms in total. The van der Waals surface area contributed by atoms with Gasteiger partial charge in [-0.2, -0.15) is 9.61 Å². The summed E-state index contributed by atoms with van der Waals surface area (Å²) in [7, 11) is 0. The van der Waals surface area contributed by atoms with Crippen molar-refractivity contribution in [3.63, 3.8) is 0 Å². The standard InChI is InChI=1S/C17H26N6O/c1-12(2)19-17(24)14(4)21-7-9-22(10-8-21)16-11-13(3)20-15-5-6-18-23(15)16/h5-6,11-12,14H,7-10H2,1-4H3,(H,19,24). The molecule has 1 unspecified atom stereocenters. The average molecular weight is 330 g/mol. The molecule has 0 radical (unpaired) electrons. The molecular weight excluding hydrogens is 304 g/mol. The number of carbonyl (C=O) groups excluding carboxylic acids is 1. The predicted molar refractivity (Wildman–Crippen MR) is 94.3 cm³/mol. The fourth-order valence-electron chi connectivity index (χ4n) is 3.15. The third-order valence-corrected chi connectivity index (χ3v) is 4.47. The lowest BCUT2D eigenvalue weighted by Crippen LogP contribution is -2.54. The Kier molecular flexibility index (Phi) is 4.71. The summed E-state index contributed by atoms with van der Waals surface area (Å²) in [6, 6.07) is 4.07. The van der Waals surface area contributed by atoms with Crippen LogP contribution in [-0.4, -0.2) is 63.7 Å². The van der Waals surface area contributed by atoms with Crippen molar-refractivity contribution in [1.82, 2.24) is 24.8 Å². The molecular formula is C17H26N6O. The van der Waals surface area contributed by atoms with Crippen molar-refractivity contribution in [2.75, 3.05) is 31.1 Å². The van der Waals surface area contributed by atoms with Gasteiger partial charge in [0.05, 0.1) is 12.2 Å². The summed E-state index contributed by atoms with van der Waals surface area (Å²) in [6.45, 7) is 11.4. The number of nitrogens with one attached hydrogen (secondary N) is 1. The van der Waals surface area contributed by atoms with Crippen molar-refractivity contribution in [3.8, 4) is 0 Å². The number of rotatable bonds is 4. The zero-order chi connectivity index (χ0) is 17.3. The summed E-state index contributed by atoms with van der Waals surface area (Å²) in [4.78, 5) is 21.3. The molecule has 1 atom stereocenters. The summed E-state index contributed by atoms with van der Waals surface area (Å²) < 4.78 is 1.89. The van der Waals surface area contributed by atoms with E-state index in [0.717, 1.165) is 43.3 Å². The smallest absolute Gasteiger partial charge is 0.237 e. The Hall–Kier alpha value is -2.15. The minimum atomic E-state index is -0.0987. The van der Waals surface area contributed by atoms with E-state index in [9.17, 15) is 4.79 Å². The first-order valence-corrected chi connectivity index (χ1v) is 8.56. The van der Waals surface area contributed by atoms with Gasteiger partial charge in [0.1, 0.15) is 5.82 Å². The van der Waals surface area contributed by atoms with Crippen LogP contribution in [0.25, 0.3) is 5.65 Å². The summed E-state index contributed by atoms with van der Waals surface area (Å²) in [6.07, 6.45) is 1.78. The molecule has 1 aliphatic rings. The first-order valence-electron chi connectivity index (χ1n) is 8.56. The molecule has 3 heterocycles. The highest BCUT2D eigenvalue weighted by atomic mass is 16.2. The highest BCUT2D eigenvalue weighted by Gasteiger charge is 2.26. The van der Waals surface area contributed by atoms with Crippen LogP contribution in [0.2, 0.25) is 0 Å². The van der Waals surface area contributed by atoms with Crippen molar-refractivity contribution in [1.29, 1.82) is 0 Å². The molecule has 0 spiro atoms. The lowest BCUT2D eigenvalue weighted by atomic mass is 10.2. The highest BCUT2D eigenvalue weighted by molar-refractivity contribution is 5.81. The van der Waals surface area contributed by atoms with E-state index in [2.05, 4.69) is 31.3 Å². The molecule has 130 valence electrons. The molecule has 3 rings (SSSR count). The van der Waals surface area contributed by atoms with Gasteiger partial charge in [-0.25, -0.2) is 4.98 Å². The molecule has 24 heavy (non-hydrogen) atoms. The first-order chi connectivity index (χ1) is 11.5. The van der Waals surface area contributed by atoms with Gasteiger partial charge < -0.3 is 10.2 Å². The molecule has 7 heteroatoms. The van der Waals surface area contributed by atoms with Gasteiger partial charge in [-0.1, -0.05) is 0 Å². The number of anilines is 1. The molecule has 0 aliphatic carbocycles. The molecule has 0 saturated carbocycles. The maximum absolute atomic E-state index is 12.2. The van der Waals surface area contributed by atoms with Crippen LogP contribution in [0.5, 0.6) is 0 Å². The first kappa shape index (κ1) is 16.7. The predicted octanol–water partition coefficient (Wildman–Crippen LogP) is 1.07. The Labute approximate surface area is 142 Å². The monoisotopic (exact) mass is 330 g/mol. The number of amides is 1. The Morgan fingerprint density at radius 1 is 1.21 bits per heavy atom. The van der Waals surface area contributed by atoms with E-state index in [0.29, 0.717) is 0 Å². The Morgan fingerprint density at radius 2 is 1.92 bits per heavy atom. The van der Waals surface area contributed by atoms with Crippen LogP contribution in [0.15, 0.2) is 18.3 Å². The number of carbonyl (C=O) groups is 1. The summed E-state index contributed by atoms with van der Waals surface area (Å²) in [5, 5.41) is 7.38. The van der Waals surface area contributed by atoms with Crippen molar-refractivity contribution in [2.24, 2.45) is 0 Å². The van der Waals surface area contributed by atoms with Gasteiger partial charge >= 0.3 is 0 Å². The van der Waals surface area contributed by atoms with E-state index in [-0.39, 0.29) is 18.0 Å². The summed E-state index contributed by atoms with van der Waals surface area (Å²) in [5.74, 6) is 1.18. The highest BCUT2D eigenvalue weighted by Crippen LogP contribution is 2.19. The number of aromatic nitrogens is 3. The molecule has 2 aromatic rings. The van der Waals surface area contributed by atoms with Crippen LogP contribution in [0, 0.1) is 6.92 Å². The topological polar surface area (TPSA) is 65.8 Å². The van der Waals surface area contributed by atoms with Gasteiger partial charge in [-0.15, -0.1) is 0 Å². The van der Waals surface area contributed by atoms with Crippen molar-refractivity contribution in [2.45, 2.75) is 39.8 Å². The Balaban J connectivity index is 1.68. The largest absolute Gasteiger partial charge is 0.354 e. The fourth-order valence-corrected chi connectivity index (χ4v) is 3.15. The van der Waals surface area contributed by atoms with Crippen LogP contribution in [0.3, 0.4) is 0 Å². The Morgan fingerprint density at radius 3 is 2.58 bits per heavy atom. The maximum Gasteiger partial charge on any atom is 0.237 e. The van der Waals surface area contributed by atoms with Crippen LogP contribution < -0.4 is 10.2 Å². The third kappa shape index (κ3) is 3.36. The maximum atomic E-state index is 12.2. The van der Waals surface area contributed by atoms with E-state index in [1.165, 1.54) is 0 Å². The quantitative estimate of drug-likeness (QED) is 0.908. The van der Waals surface area contributed by atoms with E-state index >= 15 is 0 Å². The van der Waals surface area contributed by atoms with E-state index in [1.54, 1.807) is 6.20 Å². The Bertz CT molecular complexity index is 717. The number of hydrogen-bond acceptors (Lipinski definition) is 5.